The van der Waals surface area contributed by atoms with Gasteiger partial charge in [0.15, 0.2) is 0 Å². The first-order chi connectivity index (χ1) is 11.7. The number of hydrogen-bond donors (Lipinski definition) is 1. The van der Waals surface area contributed by atoms with E-state index in [0.717, 1.165) is 11.6 Å². The fraction of sp³-hybridized carbons (Fsp3) is 0.125. The third-order valence-electron chi connectivity index (χ3n) is 3.12. The van der Waals surface area contributed by atoms with Gasteiger partial charge in [-0.1, -0.05) is 30.3 Å². The summed E-state index contributed by atoms with van der Waals surface area (Å²) in [6.45, 7) is -2.55. The second kappa shape index (κ2) is 5.29. The minimum atomic E-state index is -4.60. The average Bonchev–Trinajstić information content (AvgIpc) is 3.04. The summed E-state index contributed by atoms with van der Waals surface area (Å²) in [5, 5.41) is 5.44. The summed E-state index contributed by atoms with van der Waals surface area (Å²) in [5.41, 5.74) is -0.182. The third-order valence-corrected chi connectivity index (χ3v) is 3.12. The van der Waals surface area contributed by atoms with E-state index in [1.807, 2.05) is 11.2 Å². The molecule has 0 fully saturated rings. The maximum absolute atomic E-state index is 12.7. The van der Waals surface area contributed by atoms with Gasteiger partial charge in [-0.25, -0.2) is 0 Å². The molecule has 0 unspecified atom stereocenters. The molecule has 3 aromatic rings. The Morgan fingerprint density at radius 3 is 2.50 bits per heavy atom. The average molecular weight is 306 g/mol. The van der Waals surface area contributed by atoms with Crippen molar-refractivity contribution in [3.8, 4) is 22.5 Å². The summed E-state index contributed by atoms with van der Waals surface area (Å²) in [7, 11) is 0. The molecule has 0 radical (unpaired) electrons. The molecule has 0 aliphatic carbocycles. The quantitative estimate of drug-likeness (QED) is 0.759. The fourth-order valence-corrected chi connectivity index (χ4v) is 2.05. The highest BCUT2D eigenvalue weighted by Gasteiger charge is 2.33. The van der Waals surface area contributed by atoms with Gasteiger partial charge in [-0.2, -0.15) is 18.3 Å². The van der Waals surface area contributed by atoms with Crippen molar-refractivity contribution in [1.29, 1.82) is 0 Å². The number of halogens is 3. The molecule has 1 N–H and O–H groups in total. The highest BCUT2D eigenvalue weighted by Crippen LogP contribution is 2.31. The normalized spacial score (nSPS) is 14.2. The number of benzene rings is 1. The van der Waals surface area contributed by atoms with Crippen LogP contribution in [0, 0.1) is 6.85 Å². The maximum Gasteiger partial charge on any atom is 0.432 e. The van der Waals surface area contributed by atoms with E-state index in [9.17, 15) is 13.2 Å². The number of aryl methyl sites for hydroxylation is 1. The molecule has 1 aromatic carbocycles. The van der Waals surface area contributed by atoms with Crippen molar-refractivity contribution in [1.82, 2.24) is 15.2 Å². The van der Waals surface area contributed by atoms with Gasteiger partial charge in [-0.15, -0.1) is 0 Å². The molecule has 0 spiro atoms. The van der Waals surface area contributed by atoms with E-state index in [1.54, 1.807) is 24.3 Å². The van der Waals surface area contributed by atoms with Crippen molar-refractivity contribution in [3.63, 3.8) is 0 Å². The molecular weight excluding hydrogens is 291 g/mol. The Hall–Kier alpha value is -2.63. The Bertz CT molecular complexity index is 887. The lowest BCUT2D eigenvalue weighted by Crippen LogP contribution is -2.04. The van der Waals surface area contributed by atoms with Crippen molar-refractivity contribution in [2.45, 2.75) is 13.0 Å². The van der Waals surface area contributed by atoms with Crippen LogP contribution in [-0.4, -0.2) is 15.2 Å². The SMILES string of the molecule is [2H]C([2H])([2H])c1cc(-c2ccccc2)cnc1-c1cc(C(F)(F)F)[nH]n1. The summed E-state index contributed by atoms with van der Waals surface area (Å²) in [5.74, 6) is 0. The molecular formula is C16H12F3N3. The zero-order valence-electron chi connectivity index (χ0n) is 14.1. The second-order valence-electron chi connectivity index (χ2n) is 4.65. The topological polar surface area (TPSA) is 41.6 Å². The minimum absolute atomic E-state index is 0.105. The van der Waals surface area contributed by atoms with Crippen molar-refractivity contribution >= 4 is 0 Å². The van der Waals surface area contributed by atoms with E-state index >= 15 is 0 Å². The molecule has 6 heteroatoms. The molecule has 0 aliphatic heterocycles. The summed E-state index contributed by atoms with van der Waals surface area (Å²) in [4.78, 5) is 4.08. The predicted octanol–water partition coefficient (Wildman–Crippen LogP) is 4.47. The lowest BCUT2D eigenvalue weighted by molar-refractivity contribution is -0.141. The fourth-order valence-electron chi connectivity index (χ4n) is 2.05. The molecule has 0 bridgehead atoms. The molecule has 3 rings (SSSR count). The number of hydrogen-bond acceptors (Lipinski definition) is 2. The number of rotatable bonds is 2. The third kappa shape index (κ3) is 2.72. The van der Waals surface area contributed by atoms with Crippen LogP contribution in [0.2, 0.25) is 0 Å². The van der Waals surface area contributed by atoms with Crippen molar-refractivity contribution in [3.05, 3.63) is 59.9 Å². The predicted molar refractivity (Wildman–Crippen MR) is 77.0 cm³/mol. The van der Waals surface area contributed by atoms with Gasteiger partial charge in [0.05, 0.1) is 5.69 Å². The Kier molecular flexibility index (Phi) is 2.65. The summed E-state index contributed by atoms with van der Waals surface area (Å²) >= 11 is 0. The summed E-state index contributed by atoms with van der Waals surface area (Å²) < 4.78 is 61.3. The molecule has 0 saturated heterocycles. The van der Waals surface area contributed by atoms with E-state index in [2.05, 4.69) is 10.1 Å². The van der Waals surface area contributed by atoms with Crippen LogP contribution in [0.3, 0.4) is 0 Å². The van der Waals surface area contributed by atoms with Crippen LogP contribution in [-0.2, 0) is 6.18 Å². The van der Waals surface area contributed by atoms with E-state index in [-0.39, 0.29) is 17.0 Å². The van der Waals surface area contributed by atoms with Gasteiger partial charge < -0.3 is 0 Å². The van der Waals surface area contributed by atoms with Crippen molar-refractivity contribution in [2.24, 2.45) is 0 Å². The van der Waals surface area contributed by atoms with Gasteiger partial charge in [0.25, 0.3) is 0 Å². The number of nitrogens with zero attached hydrogens (tertiary/aromatic N) is 2. The van der Waals surface area contributed by atoms with Crippen LogP contribution in [0.5, 0.6) is 0 Å². The van der Waals surface area contributed by atoms with Gasteiger partial charge in [-0.3, -0.25) is 10.1 Å². The van der Waals surface area contributed by atoms with Crippen LogP contribution < -0.4 is 0 Å². The van der Waals surface area contributed by atoms with Gasteiger partial charge >= 0.3 is 6.18 Å². The number of aromatic amines is 1. The van der Waals surface area contributed by atoms with Crippen LogP contribution in [0.25, 0.3) is 22.5 Å². The maximum atomic E-state index is 12.7. The molecule has 2 aromatic heterocycles. The highest BCUT2D eigenvalue weighted by atomic mass is 19.4. The van der Waals surface area contributed by atoms with E-state index in [4.69, 9.17) is 4.11 Å². The lowest BCUT2D eigenvalue weighted by Gasteiger charge is -2.06. The second-order valence-corrected chi connectivity index (χ2v) is 4.65. The first-order valence-corrected chi connectivity index (χ1v) is 6.35. The van der Waals surface area contributed by atoms with Gasteiger partial charge in [0.2, 0.25) is 0 Å². The van der Waals surface area contributed by atoms with E-state index in [1.165, 1.54) is 12.3 Å². The van der Waals surface area contributed by atoms with Crippen LogP contribution >= 0.6 is 0 Å². The van der Waals surface area contributed by atoms with E-state index in [0.29, 0.717) is 5.56 Å². The Morgan fingerprint density at radius 2 is 1.86 bits per heavy atom. The number of H-pyrrole nitrogens is 1. The number of pyridine rings is 1. The van der Waals surface area contributed by atoms with Gasteiger partial charge in [0.1, 0.15) is 11.4 Å². The van der Waals surface area contributed by atoms with Crippen LogP contribution in [0.1, 0.15) is 15.4 Å². The molecule has 0 atom stereocenters. The Morgan fingerprint density at radius 1 is 1.09 bits per heavy atom. The van der Waals surface area contributed by atoms with Crippen molar-refractivity contribution < 1.29 is 17.3 Å². The minimum Gasteiger partial charge on any atom is -0.273 e. The number of nitrogens with one attached hydrogen (secondary N) is 1. The Labute approximate surface area is 129 Å². The molecule has 0 aliphatic rings. The zero-order chi connectivity index (χ0) is 18.2. The number of alkyl halides is 3. The summed E-state index contributed by atoms with van der Waals surface area (Å²) in [6.07, 6.45) is -3.18. The molecule has 0 amide bonds. The number of aromatic nitrogens is 3. The first kappa shape index (κ1) is 11.0. The zero-order valence-corrected chi connectivity index (χ0v) is 11.1. The van der Waals surface area contributed by atoms with Gasteiger partial charge in [-0.05, 0) is 30.1 Å². The summed E-state index contributed by atoms with van der Waals surface area (Å²) in [6, 6.07) is 11.1. The van der Waals surface area contributed by atoms with Crippen LogP contribution in [0.4, 0.5) is 13.2 Å². The molecule has 0 saturated carbocycles. The molecule has 3 nitrogen and oxygen atoms in total. The molecule has 112 valence electrons. The van der Waals surface area contributed by atoms with Crippen molar-refractivity contribution in [2.75, 3.05) is 0 Å². The standard InChI is InChI=1S/C16H12F3N3/c1-10-7-12(11-5-3-2-4-6-11)9-20-15(10)13-8-14(22-21-13)16(17,18)19/h2-9H,1H3,(H,21,22)/i1D3. The lowest BCUT2D eigenvalue weighted by atomic mass is 10.0. The van der Waals surface area contributed by atoms with Gasteiger partial charge in [0, 0.05) is 15.9 Å². The highest BCUT2D eigenvalue weighted by molar-refractivity contribution is 5.68. The Balaban J connectivity index is 2.13. The first-order valence-electron chi connectivity index (χ1n) is 7.85. The van der Waals surface area contributed by atoms with E-state index < -0.39 is 18.7 Å². The molecule has 22 heavy (non-hydrogen) atoms. The smallest absolute Gasteiger partial charge is 0.273 e. The monoisotopic (exact) mass is 306 g/mol. The van der Waals surface area contributed by atoms with Crippen LogP contribution in [0.15, 0.2) is 48.7 Å². The molecule has 2 heterocycles. The largest absolute Gasteiger partial charge is 0.432 e.